The minimum Gasteiger partial charge on any atom is -0.349 e. The summed E-state index contributed by atoms with van der Waals surface area (Å²) in [5.41, 5.74) is 7.61. The zero-order valence-electron chi connectivity index (χ0n) is 10.1. The molecule has 3 N–H and O–H groups in total. The van der Waals surface area contributed by atoms with Gasteiger partial charge in [0.15, 0.2) is 0 Å². The zero-order valence-corrected chi connectivity index (χ0v) is 10.9. The van der Waals surface area contributed by atoms with Gasteiger partial charge in [-0.2, -0.15) is 0 Å². The summed E-state index contributed by atoms with van der Waals surface area (Å²) in [6, 6.07) is 9.35. The standard InChI is InChI=1S/C13H15N3OS/c1-13(14,10-5-3-2-4-6-10)12(17)16-8-11-7-15-9-18-11/h2-7,9H,8,14H2,1H3,(H,16,17). The normalized spacial score (nSPS) is 13.9. The first kappa shape index (κ1) is 12.7. The average molecular weight is 261 g/mol. The number of carbonyl (C=O) groups excluding carboxylic acids is 1. The number of carbonyl (C=O) groups is 1. The van der Waals surface area contributed by atoms with Crippen molar-refractivity contribution in [2.24, 2.45) is 5.73 Å². The first-order chi connectivity index (χ1) is 8.60. The van der Waals surface area contributed by atoms with Crippen LogP contribution in [-0.2, 0) is 16.9 Å². The van der Waals surface area contributed by atoms with E-state index < -0.39 is 5.54 Å². The second-order valence-corrected chi connectivity index (χ2v) is 5.19. The van der Waals surface area contributed by atoms with Crippen molar-refractivity contribution in [2.75, 3.05) is 0 Å². The van der Waals surface area contributed by atoms with E-state index in [1.807, 2.05) is 30.3 Å². The lowest BCUT2D eigenvalue weighted by Gasteiger charge is -2.23. The molecule has 0 bridgehead atoms. The van der Waals surface area contributed by atoms with Crippen molar-refractivity contribution >= 4 is 17.2 Å². The molecule has 2 rings (SSSR count). The molecule has 1 heterocycles. The first-order valence-corrected chi connectivity index (χ1v) is 6.49. The van der Waals surface area contributed by atoms with Crippen LogP contribution in [0.1, 0.15) is 17.4 Å². The molecule has 0 radical (unpaired) electrons. The molecule has 1 amide bonds. The Balaban J connectivity index is 2.04. The molecule has 1 aromatic heterocycles. The highest BCUT2D eigenvalue weighted by Gasteiger charge is 2.29. The highest BCUT2D eigenvalue weighted by molar-refractivity contribution is 7.09. The number of aromatic nitrogens is 1. The molecule has 0 saturated heterocycles. The minimum atomic E-state index is -1.02. The fourth-order valence-corrected chi connectivity index (χ4v) is 2.13. The molecule has 2 aromatic rings. The van der Waals surface area contributed by atoms with Crippen molar-refractivity contribution in [3.63, 3.8) is 0 Å². The van der Waals surface area contributed by atoms with Crippen LogP contribution in [0, 0.1) is 0 Å². The van der Waals surface area contributed by atoms with Crippen LogP contribution in [0.15, 0.2) is 42.0 Å². The van der Waals surface area contributed by atoms with Crippen LogP contribution in [0.5, 0.6) is 0 Å². The Bertz CT molecular complexity index is 508. The molecule has 18 heavy (non-hydrogen) atoms. The monoisotopic (exact) mass is 261 g/mol. The summed E-state index contributed by atoms with van der Waals surface area (Å²) in [7, 11) is 0. The lowest BCUT2D eigenvalue weighted by atomic mass is 9.92. The number of amides is 1. The molecule has 0 aliphatic rings. The van der Waals surface area contributed by atoms with Crippen molar-refractivity contribution in [3.8, 4) is 0 Å². The molecule has 0 saturated carbocycles. The van der Waals surface area contributed by atoms with Crippen LogP contribution >= 0.6 is 11.3 Å². The van der Waals surface area contributed by atoms with Crippen LogP contribution in [-0.4, -0.2) is 10.9 Å². The van der Waals surface area contributed by atoms with E-state index in [4.69, 9.17) is 5.73 Å². The van der Waals surface area contributed by atoms with Gasteiger partial charge in [0, 0.05) is 11.1 Å². The maximum atomic E-state index is 12.1. The number of hydrogen-bond donors (Lipinski definition) is 2. The Morgan fingerprint density at radius 1 is 1.44 bits per heavy atom. The smallest absolute Gasteiger partial charge is 0.244 e. The highest BCUT2D eigenvalue weighted by Crippen LogP contribution is 2.17. The van der Waals surface area contributed by atoms with Gasteiger partial charge in [-0.1, -0.05) is 30.3 Å². The van der Waals surface area contributed by atoms with Gasteiger partial charge in [0.1, 0.15) is 5.54 Å². The number of rotatable bonds is 4. The molecule has 5 heteroatoms. The highest BCUT2D eigenvalue weighted by atomic mass is 32.1. The molecule has 0 aliphatic heterocycles. The third-order valence-corrected chi connectivity index (χ3v) is 3.53. The van der Waals surface area contributed by atoms with Crippen molar-refractivity contribution in [1.82, 2.24) is 10.3 Å². The Kier molecular flexibility index (Phi) is 3.74. The van der Waals surface area contributed by atoms with E-state index in [1.165, 1.54) is 11.3 Å². The molecule has 0 fully saturated rings. The van der Waals surface area contributed by atoms with E-state index in [0.717, 1.165) is 10.4 Å². The Hall–Kier alpha value is -1.72. The largest absolute Gasteiger partial charge is 0.349 e. The van der Waals surface area contributed by atoms with E-state index in [9.17, 15) is 4.79 Å². The summed E-state index contributed by atoms with van der Waals surface area (Å²) in [5.74, 6) is -0.192. The van der Waals surface area contributed by atoms with Crippen molar-refractivity contribution in [3.05, 3.63) is 52.5 Å². The number of nitrogens with zero attached hydrogens (tertiary/aromatic N) is 1. The van der Waals surface area contributed by atoms with Gasteiger partial charge in [-0.25, -0.2) is 0 Å². The van der Waals surface area contributed by atoms with Gasteiger partial charge in [-0.15, -0.1) is 11.3 Å². The first-order valence-electron chi connectivity index (χ1n) is 5.61. The van der Waals surface area contributed by atoms with E-state index in [1.54, 1.807) is 18.6 Å². The molecule has 1 aromatic carbocycles. The molecule has 0 spiro atoms. The third-order valence-electron chi connectivity index (χ3n) is 2.75. The lowest BCUT2D eigenvalue weighted by molar-refractivity contribution is -0.126. The van der Waals surface area contributed by atoms with Gasteiger partial charge in [0.2, 0.25) is 5.91 Å². The molecular formula is C13H15N3OS. The number of thiazole rings is 1. The van der Waals surface area contributed by atoms with Crippen LogP contribution in [0.2, 0.25) is 0 Å². The van der Waals surface area contributed by atoms with Gasteiger partial charge in [-0.3, -0.25) is 9.78 Å². The zero-order chi connectivity index (χ0) is 13.0. The van der Waals surface area contributed by atoms with Crippen LogP contribution in [0.3, 0.4) is 0 Å². The van der Waals surface area contributed by atoms with Gasteiger partial charge >= 0.3 is 0 Å². The Morgan fingerprint density at radius 3 is 2.78 bits per heavy atom. The Labute approximate surface area is 110 Å². The third kappa shape index (κ3) is 2.75. The van der Waals surface area contributed by atoms with E-state index in [-0.39, 0.29) is 5.91 Å². The number of nitrogens with one attached hydrogen (secondary N) is 1. The summed E-state index contributed by atoms with van der Waals surface area (Å²) < 4.78 is 0. The predicted molar refractivity (Wildman–Crippen MR) is 71.9 cm³/mol. The quantitative estimate of drug-likeness (QED) is 0.879. The summed E-state index contributed by atoms with van der Waals surface area (Å²) in [5, 5.41) is 2.83. The second kappa shape index (κ2) is 5.29. The molecule has 0 aliphatic carbocycles. The summed E-state index contributed by atoms with van der Waals surface area (Å²) in [4.78, 5) is 17.1. The van der Waals surface area contributed by atoms with Crippen molar-refractivity contribution < 1.29 is 4.79 Å². The summed E-state index contributed by atoms with van der Waals surface area (Å²) >= 11 is 1.50. The maximum absolute atomic E-state index is 12.1. The molecule has 1 atom stereocenters. The SMILES string of the molecule is CC(N)(C(=O)NCc1cncs1)c1ccccc1. The fraction of sp³-hybridized carbons (Fsp3) is 0.231. The number of nitrogens with two attached hydrogens (primary N) is 1. The Morgan fingerprint density at radius 2 is 2.17 bits per heavy atom. The maximum Gasteiger partial charge on any atom is 0.244 e. The second-order valence-electron chi connectivity index (χ2n) is 4.22. The lowest BCUT2D eigenvalue weighted by Crippen LogP contribution is -2.48. The number of hydrogen-bond acceptors (Lipinski definition) is 4. The van der Waals surface area contributed by atoms with E-state index in [2.05, 4.69) is 10.3 Å². The summed E-state index contributed by atoms with van der Waals surface area (Å²) in [6.07, 6.45) is 1.74. The van der Waals surface area contributed by atoms with Crippen LogP contribution in [0.4, 0.5) is 0 Å². The summed E-state index contributed by atoms with van der Waals surface area (Å²) in [6.45, 7) is 2.17. The van der Waals surface area contributed by atoms with E-state index in [0.29, 0.717) is 6.54 Å². The van der Waals surface area contributed by atoms with Crippen molar-refractivity contribution in [2.45, 2.75) is 19.0 Å². The minimum absolute atomic E-state index is 0.192. The molecule has 4 nitrogen and oxygen atoms in total. The van der Waals surface area contributed by atoms with Crippen LogP contribution < -0.4 is 11.1 Å². The predicted octanol–water partition coefficient (Wildman–Crippen LogP) is 1.63. The van der Waals surface area contributed by atoms with Crippen LogP contribution in [0.25, 0.3) is 0 Å². The van der Waals surface area contributed by atoms with Gasteiger partial charge < -0.3 is 11.1 Å². The molecule has 1 unspecified atom stereocenters. The van der Waals surface area contributed by atoms with Crippen molar-refractivity contribution in [1.29, 1.82) is 0 Å². The average Bonchev–Trinajstić information content (AvgIpc) is 2.90. The topological polar surface area (TPSA) is 68.0 Å². The number of benzene rings is 1. The van der Waals surface area contributed by atoms with Gasteiger partial charge in [0.25, 0.3) is 0 Å². The van der Waals surface area contributed by atoms with Gasteiger partial charge in [-0.05, 0) is 12.5 Å². The molecule has 94 valence electrons. The van der Waals surface area contributed by atoms with E-state index >= 15 is 0 Å². The van der Waals surface area contributed by atoms with Gasteiger partial charge in [0.05, 0.1) is 12.1 Å². The fourth-order valence-electron chi connectivity index (χ4n) is 1.60. The molecular weight excluding hydrogens is 246 g/mol.